The maximum absolute atomic E-state index is 12.0. The van der Waals surface area contributed by atoms with E-state index < -0.39 is 0 Å². The van der Waals surface area contributed by atoms with Crippen molar-refractivity contribution in [2.45, 2.75) is 31.7 Å². The monoisotopic (exact) mass is 339 g/mol. The molecule has 1 fully saturated rings. The van der Waals surface area contributed by atoms with Crippen LogP contribution in [0.15, 0.2) is 41.8 Å². The molecular formula is C17H17N5OS. The van der Waals surface area contributed by atoms with Gasteiger partial charge in [-0.05, 0) is 65.4 Å². The highest BCUT2D eigenvalue weighted by Crippen LogP contribution is 2.36. The van der Waals surface area contributed by atoms with Gasteiger partial charge in [0.25, 0.3) is 0 Å². The summed E-state index contributed by atoms with van der Waals surface area (Å²) in [6.07, 6.45) is 3.53. The maximum atomic E-state index is 12.0. The predicted molar refractivity (Wildman–Crippen MR) is 92.8 cm³/mol. The molecule has 1 saturated carbocycles. The average molecular weight is 339 g/mol. The van der Waals surface area contributed by atoms with E-state index in [1.54, 1.807) is 11.3 Å². The van der Waals surface area contributed by atoms with Gasteiger partial charge >= 0.3 is 0 Å². The van der Waals surface area contributed by atoms with Crippen LogP contribution in [0.2, 0.25) is 0 Å². The van der Waals surface area contributed by atoms with Gasteiger partial charge in [-0.3, -0.25) is 4.79 Å². The fraction of sp³-hybridized carbons (Fsp3) is 0.294. The third-order valence-electron chi connectivity index (χ3n) is 3.99. The Balaban J connectivity index is 1.38. The van der Waals surface area contributed by atoms with Crippen LogP contribution in [0.25, 0.3) is 11.4 Å². The minimum atomic E-state index is 0.0268. The summed E-state index contributed by atoms with van der Waals surface area (Å²) in [6.45, 7) is 0. The number of aryl methyl sites for hydroxylation is 1. The molecule has 122 valence electrons. The van der Waals surface area contributed by atoms with E-state index in [9.17, 15) is 4.79 Å². The van der Waals surface area contributed by atoms with Crippen LogP contribution < -0.4 is 5.32 Å². The Morgan fingerprint density at radius 1 is 1.25 bits per heavy atom. The summed E-state index contributed by atoms with van der Waals surface area (Å²) in [4.78, 5) is 13.3. The normalized spacial score (nSPS) is 13.8. The highest BCUT2D eigenvalue weighted by molar-refractivity contribution is 7.09. The Hall–Kier alpha value is -2.54. The molecule has 1 amide bonds. The van der Waals surface area contributed by atoms with E-state index in [4.69, 9.17) is 0 Å². The van der Waals surface area contributed by atoms with E-state index in [0.29, 0.717) is 12.5 Å². The van der Waals surface area contributed by atoms with Gasteiger partial charge in [-0.25, -0.2) is 4.68 Å². The second kappa shape index (κ2) is 6.52. The number of aromatic nitrogens is 4. The molecule has 0 atom stereocenters. The van der Waals surface area contributed by atoms with Gasteiger partial charge in [-0.2, -0.15) is 0 Å². The summed E-state index contributed by atoms with van der Waals surface area (Å²) in [7, 11) is 0. The molecule has 0 spiro atoms. The number of carbonyl (C=O) groups excluding carboxylic acids is 1. The number of benzene rings is 1. The lowest BCUT2D eigenvalue weighted by molar-refractivity contribution is -0.116. The minimum Gasteiger partial charge on any atom is -0.326 e. The quantitative estimate of drug-likeness (QED) is 0.748. The number of rotatable bonds is 6. The number of amides is 1. The third-order valence-corrected chi connectivity index (χ3v) is 4.93. The molecule has 1 N–H and O–H groups in total. The molecule has 0 bridgehead atoms. The van der Waals surface area contributed by atoms with Crippen LogP contribution in [-0.2, 0) is 11.2 Å². The molecule has 6 nitrogen and oxygen atoms in total. The standard InChI is InChI=1S/C17H17N5OS/c23-16(10-9-15-2-1-11-24-15)18-13-5-3-12(4-6-13)17-19-20-21-22(17)14-7-8-14/h1-6,11,14H,7-10H2,(H,18,23). The summed E-state index contributed by atoms with van der Waals surface area (Å²) in [5, 5.41) is 16.9. The third kappa shape index (κ3) is 3.35. The highest BCUT2D eigenvalue weighted by atomic mass is 32.1. The van der Waals surface area contributed by atoms with Crippen LogP contribution in [0.5, 0.6) is 0 Å². The van der Waals surface area contributed by atoms with Gasteiger partial charge in [0.1, 0.15) is 0 Å². The van der Waals surface area contributed by atoms with E-state index in [2.05, 4.69) is 26.9 Å². The summed E-state index contributed by atoms with van der Waals surface area (Å²) < 4.78 is 1.88. The van der Waals surface area contributed by atoms with Crippen LogP contribution >= 0.6 is 11.3 Å². The van der Waals surface area contributed by atoms with Crippen molar-refractivity contribution in [1.29, 1.82) is 0 Å². The molecule has 2 aromatic heterocycles. The molecule has 1 aromatic carbocycles. The number of nitrogens with one attached hydrogen (secondary N) is 1. The highest BCUT2D eigenvalue weighted by Gasteiger charge is 2.28. The van der Waals surface area contributed by atoms with Gasteiger partial charge < -0.3 is 5.32 Å². The molecule has 3 aromatic rings. The van der Waals surface area contributed by atoms with Crippen molar-refractivity contribution < 1.29 is 4.79 Å². The molecule has 1 aliphatic carbocycles. The van der Waals surface area contributed by atoms with Crippen molar-refractivity contribution >= 4 is 22.9 Å². The Kier molecular flexibility index (Phi) is 4.08. The largest absolute Gasteiger partial charge is 0.326 e. The summed E-state index contributed by atoms with van der Waals surface area (Å²) in [5.74, 6) is 0.812. The average Bonchev–Trinajstić information content (AvgIpc) is 3.11. The van der Waals surface area contributed by atoms with Gasteiger partial charge in [-0.1, -0.05) is 6.07 Å². The van der Waals surface area contributed by atoms with Crippen LogP contribution in [-0.4, -0.2) is 26.1 Å². The SMILES string of the molecule is O=C(CCc1cccs1)Nc1ccc(-c2nnnn2C2CC2)cc1. The number of tetrazole rings is 1. The molecule has 0 radical (unpaired) electrons. The second-order valence-electron chi connectivity index (χ2n) is 5.88. The summed E-state index contributed by atoms with van der Waals surface area (Å²) in [5.41, 5.74) is 1.75. The smallest absolute Gasteiger partial charge is 0.224 e. The topological polar surface area (TPSA) is 72.7 Å². The lowest BCUT2D eigenvalue weighted by Crippen LogP contribution is -2.12. The first-order valence-electron chi connectivity index (χ1n) is 8.00. The zero-order chi connectivity index (χ0) is 16.4. The predicted octanol–water partition coefficient (Wildman–Crippen LogP) is 3.31. The van der Waals surface area contributed by atoms with Crippen molar-refractivity contribution in [3.8, 4) is 11.4 Å². The molecular weight excluding hydrogens is 322 g/mol. The van der Waals surface area contributed by atoms with Crippen molar-refractivity contribution in [3.63, 3.8) is 0 Å². The van der Waals surface area contributed by atoms with E-state index in [1.165, 1.54) is 4.88 Å². The molecule has 0 saturated heterocycles. The van der Waals surface area contributed by atoms with Crippen LogP contribution in [0.4, 0.5) is 5.69 Å². The van der Waals surface area contributed by atoms with Gasteiger partial charge in [0.2, 0.25) is 5.91 Å². The summed E-state index contributed by atoms with van der Waals surface area (Å²) >= 11 is 1.68. The molecule has 24 heavy (non-hydrogen) atoms. The zero-order valence-corrected chi connectivity index (χ0v) is 13.9. The lowest BCUT2D eigenvalue weighted by atomic mass is 10.2. The first-order valence-corrected chi connectivity index (χ1v) is 8.88. The Bertz CT molecular complexity index is 821. The number of hydrogen-bond donors (Lipinski definition) is 1. The Morgan fingerprint density at radius 3 is 2.79 bits per heavy atom. The van der Waals surface area contributed by atoms with Crippen molar-refractivity contribution in [2.24, 2.45) is 0 Å². The van der Waals surface area contributed by atoms with Gasteiger partial charge in [-0.15, -0.1) is 16.4 Å². The van der Waals surface area contributed by atoms with Crippen LogP contribution in [0.1, 0.15) is 30.2 Å². The van der Waals surface area contributed by atoms with Gasteiger partial charge in [0.05, 0.1) is 6.04 Å². The molecule has 1 aliphatic rings. The number of hydrogen-bond acceptors (Lipinski definition) is 5. The van der Waals surface area contributed by atoms with Crippen molar-refractivity contribution in [1.82, 2.24) is 20.2 Å². The number of thiophene rings is 1. The van der Waals surface area contributed by atoms with E-state index in [0.717, 1.165) is 36.3 Å². The van der Waals surface area contributed by atoms with E-state index >= 15 is 0 Å². The molecule has 2 heterocycles. The number of carbonyl (C=O) groups is 1. The zero-order valence-electron chi connectivity index (χ0n) is 13.1. The molecule has 7 heteroatoms. The van der Waals surface area contributed by atoms with E-state index in [1.807, 2.05) is 40.4 Å². The number of nitrogens with zero attached hydrogens (tertiary/aromatic N) is 4. The van der Waals surface area contributed by atoms with Crippen molar-refractivity contribution in [3.05, 3.63) is 46.7 Å². The van der Waals surface area contributed by atoms with Crippen molar-refractivity contribution in [2.75, 3.05) is 5.32 Å². The van der Waals surface area contributed by atoms with Gasteiger partial charge in [0.15, 0.2) is 5.82 Å². The first kappa shape index (κ1) is 15.0. The second-order valence-corrected chi connectivity index (χ2v) is 6.92. The fourth-order valence-corrected chi connectivity index (χ4v) is 3.28. The first-order chi connectivity index (χ1) is 11.8. The van der Waals surface area contributed by atoms with Gasteiger partial charge in [0, 0.05) is 22.5 Å². The minimum absolute atomic E-state index is 0.0268. The fourth-order valence-electron chi connectivity index (χ4n) is 2.57. The number of anilines is 1. The Labute approximate surface area is 143 Å². The van der Waals surface area contributed by atoms with Crippen LogP contribution in [0, 0.1) is 0 Å². The van der Waals surface area contributed by atoms with E-state index in [-0.39, 0.29) is 5.91 Å². The molecule has 0 aliphatic heterocycles. The Morgan fingerprint density at radius 2 is 2.08 bits per heavy atom. The molecule has 0 unspecified atom stereocenters. The lowest BCUT2D eigenvalue weighted by Gasteiger charge is -2.06. The maximum Gasteiger partial charge on any atom is 0.224 e. The molecule has 4 rings (SSSR count). The summed E-state index contributed by atoms with van der Waals surface area (Å²) in [6, 6.07) is 12.2. The van der Waals surface area contributed by atoms with Crippen LogP contribution in [0.3, 0.4) is 0 Å².